The normalized spacial score (nSPS) is 18.0. The minimum atomic E-state index is -3.65. The zero-order valence-electron chi connectivity index (χ0n) is 14.4. The second-order valence-electron chi connectivity index (χ2n) is 6.27. The number of aryl methyl sites for hydroxylation is 1. The van der Waals surface area contributed by atoms with Crippen molar-refractivity contribution in [3.05, 3.63) is 53.6 Å². The molecule has 1 atom stereocenters. The maximum absolute atomic E-state index is 12.7. The van der Waals surface area contributed by atoms with Crippen LogP contribution in [-0.2, 0) is 16.6 Å². The van der Waals surface area contributed by atoms with Crippen LogP contribution >= 0.6 is 0 Å². The zero-order valence-corrected chi connectivity index (χ0v) is 15.2. The molecule has 9 heteroatoms. The third kappa shape index (κ3) is 4.06. The molecule has 1 unspecified atom stereocenters. The molecule has 0 aliphatic carbocycles. The lowest BCUT2D eigenvalue weighted by molar-refractivity contribution is 0.0950. The number of sulfonamides is 1. The van der Waals surface area contributed by atoms with E-state index < -0.39 is 10.0 Å². The molecule has 0 radical (unpaired) electrons. The molecule has 3 N–H and O–H groups in total. The second kappa shape index (κ2) is 7.48. The fourth-order valence-electron chi connectivity index (χ4n) is 2.70. The number of benzene rings is 1. The average Bonchev–Trinajstić information content (AvgIpc) is 3.08. The van der Waals surface area contributed by atoms with Gasteiger partial charge < -0.3 is 11.1 Å². The summed E-state index contributed by atoms with van der Waals surface area (Å²) in [7, 11) is -3.65. The lowest BCUT2D eigenvalue weighted by atomic mass is 10.2. The van der Waals surface area contributed by atoms with Gasteiger partial charge in [-0.1, -0.05) is 6.07 Å². The van der Waals surface area contributed by atoms with Gasteiger partial charge in [0.15, 0.2) is 0 Å². The van der Waals surface area contributed by atoms with E-state index in [1.165, 1.54) is 16.4 Å². The van der Waals surface area contributed by atoms with Gasteiger partial charge in [-0.15, -0.1) is 0 Å². The van der Waals surface area contributed by atoms with Crippen molar-refractivity contribution in [2.45, 2.75) is 30.8 Å². The standard InChI is InChI=1S/C17H21N5O3S/c1-12-8-20-15(9-19-12)10-21-17(23)13-3-2-4-16(7-13)26(24,25)22-6-5-14(18)11-22/h2-4,7-9,14H,5-6,10-11,18H2,1H3,(H,21,23). The molecule has 26 heavy (non-hydrogen) atoms. The highest BCUT2D eigenvalue weighted by molar-refractivity contribution is 7.89. The SMILES string of the molecule is Cc1cnc(CNC(=O)c2cccc(S(=O)(=O)N3CCC(N)C3)c2)cn1. The van der Waals surface area contributed by atoms with Gasteiger partial charge >= 0.3 is 0 Å². The van der Waals surface area contributed by atoms with Crippen molar-refractivity contribution in [2.75, 3.05) is 13.1 Å². The largest absolute Gasteiger partial charge is 0.346 e. The summed E-state index contributed by atoms with van der Waals surface area (Å²) in [6.45, 7) is 2.73. The summed E-state index contributed by atoms with van der Waals surface area (Å²) in [4.78, 5) is 20.7. The summed E-state index contributed by atoms with van der Waals surface area (Å²) in [6, 6.07) is 5.86. The molecular weight excluding hydrogens is 354 g/mol. The average molecular weight is 375 g/mol. The van der Waals surface area contributed by atoms with E-state index in [9.17, 15) is 13.2 Å². The third-order valence-corrected chi connectivity index (χ3v) is 6.05. The number of amides is 1. The lowest BCUT2D eigenvalue weighted by Gasteiger charge is -2.16. The number of nitrogens with two attached hydrogens (primary N) is 1. The summed E-state index contributed by atoms with van der Waals surface area (Å²) in [5, 5.41) is 2.72. The predicted octanol–water partition coefficient (Wildman–Crippen LogP) is 0.437. The van der Waals surface area contributed by atoms with Gasteiger partial charge in [0.05, 0.1) is 29.0 Å². The van der Waals surface area contributed by atoms with Gasteiger partial charge in [0.2, 0.25) is 10.0 Å². The number of carbonyl (C=O) groups excluding carboxylic acids is 1. The van der Waals surface area contributed by atoms with Crippen molar-refractivity contribution in [1.82, 2.24) is 19.6 Å². The minimum Gasteiger partial charge on any atom is -0.346 e. The third-order valence-electron chi connectivity index (χ3n) is 4.19. The fraction of sp³-hybridized carbons (Fsp3) is 0.353. The van der Waals surface area contributed by atoms with Crippen molar-refractivity contribution < 1.29 is 13.2 Å². The molecule has 8 nitrogen and oxygen atoms in total. The zero-order chi connectivity index (χ0) is 18.7. The van der Waals surface area contributed by atoms with Crippen LogP contribution in [0.3, 0.4) is 0 Å². The summed E-state index contributed by atoms with van der Waals surface area (Å²) < 4.78 is 26.7. The molecule has 0 bridgehead atoms. The van der Waals surface area contributed by atoms with Crippen LogP contribution in [0.1, 0.15) is 28.2 Å². The van der Waals surface area contributed by atoms with E-state index in [1.807, 2.05) is 6.92 Å². The van der Waals surface area contributed by atoms with E-state index in [0.717, 1.165) is 5.69 Å². The van der Waals surface area contributed by atoms with Gasteiger partial charge in [-0.25, -0.2) is 8.42 Å². The Bertz CT molecular complexity index is 899. The molecule has 0 spiro atoms. The van der Waals surface area contributed by atoms with Crippen LogP contribution in [0, 0.1) is 6.92 Å². The minimum absolute atomic E-state index is 0.0920. The van der Waals surface area contributed by atoms with Crippen molar-refractivity contribution in [3.63, 3.8) is 0 Å². The Kier molecular flexibility index (Phi) is 5.30. The summed E-state index contributed by atoms with van der Waals surface area (Å²) >= 11 is 0. The Hall–Kier alpha value is -2.36. The highest BCUT2D eigenvalue weighted by atomic mass is 32.2. The Balaban J connectivity index is 1.72. The molecule has 2 heterocycles. The van der Waals surface area contributed by atoms with E-state index in [4.69, 9.17) is 5.73 Å². The number of aromatic nitrogens is 2. The molecular formula is C17H21N5O3S. The fourth-order valence-corrected chi connectivity index (χ4v) is 4.26. The Labute approximate surface area is 152 Å². The molecule has 1 saturated heterocycles. The first-order valence-electron chi connectivity index (χ1n) is 8.28. The van der Waals surface area contributed by atoms with Gasteiger partial charge in [-0.3, -0.25) is 14.8 Å². The smallest absolute Gasteiger partial charge is 0.251 e. The van der Waals surface area contributed by atoms with E-state index in [0.29, 0.717) is 25.2 Å². The number of hydrogen-bond acceptors (Lipinski definition) is 6. The molecule has 1 amide bonds. The predicted molar refractivity (Wildman–Crippen MR) is 95.7 cm³/mol. The van der Waals surface area contributed by atoms with Crippen LogP contribution in [0.25, 0.3) is 0 Å². The number of nitrogens with one attached hydrogen (secondary N) is 1. The topological polar surface area (TPSA) is 118 Å². The number of hydrogen-bond donors (Lipinski definition) is 2. The van der Waals surface area contributed by atoms with E-state index in [-0.39, 0.29) is 29.0 Å². The van der Waals surface area contributed by atoms with Crippen molar-refractivity contribution in [2.24, 2.45) is 5.73 Å². The summed E-state index contributed by atoms with van der Waals surface area (Å²) in [6.07, 6.45) is 3.85. The molecule has 1 aliphatic heterocycles. The number of rotatable bonds is 5. The van der Waals surface area contributed by atoms with Gasteiger partial charge in [-0.05, 0) is 31.5 Å². The number of nitrogens with zero attached hydrogens (tertiary/aromatic N) is 3. The molecule has 1 fully saturated rings. The van der Waals surface area contributed by atoms with E-state index in [2.05, 4.69) is 15.3 Å². The maximum Gasteiger partial charge on any atom is 0.251 e. The first kappa shape index (κ1) is 18.4. The molecule has 1 aromatic carbocycles. The van der Waals surface area contributed by atoms with Crippen LogP contribution in [0.2, 0.25) is 0 Å². The highest BCUT2D eigenvalue weighted by Crippen LogP contribution is 2.21. The van der Waals surface area contributed by atoms with Crippen LogP contribution in [0.4, 0.5) is 0 Å². The highest BCUT2D eigenvalue weighted by Gasteiger charge is 2.31. The van der Waals surface area contributed by atoms with Gasteiger partial charge in [0.1, 0.15) is 0 Å². The first-order chi connectivity index (χ1) is 12.4. The van der Waals surface area contributed by atoms with Gasteiger partial charge in [0, 0.05) is 30.9 Å². The number of carbonyl (C=O) groups is 1. The monoisotopic (exact) mass is 375 g/mol. The van der Waals surface area contributed by atoms with Gasteiger partial charge in [-0.2, -0.15) is 4.31 Å². The van der Waals surface area contributed by atoms with Crippen LogP contribution < -0.4 is 11.1 Å². The lowest BCUT2D eigenvalue weighted by Crippen LogP contribution is -2.32. The van der Waals surface area contributed by atoms with Crippen molar-refractivity contribution in [3.8, 4) is 0 Å². The first-order valence-corrected chi connectivity index (χ1v) is 9.72. The Morgan fingerprint density at radius 3 is 2.81 bits per heavy atom. The van der Waals surface area contributed by atoms with Crippen molar-refractivity contribution >= 4 is 15.9 Å². The second-order valence-corrected chi connectivity index (χ2v) is 8.21. The summed E-state index contributed by atoms with van der Waals surface area (Å²) in [5.74, 6) is -0.373. The van der Waals surface area contributed by atoms with Crippen LogP contribution in [0.5, 0.6) is 0 Å². The quantitative estimate of drug-likeness (QED) is 0.783. The maximum atomic E-state index is 12.7. The van der Waals surface area contributed by atoms with Gasteiger partial charge in [0.25, 0.3) is 5.91 Å². The molecule has 0 saturated carbocycles. The van der Waals surface area contributed by atoms with Crippen LogP contribution in [0.15, 0.2) is 41.6 Å². The molecule has 1 aliphatic rings. The molecule has 2 aromatic rings. The molecule has 3 rings (SSSR count). The van der Waals surface area contributed by atoms with E-state index >= 15 is 0 Å². The summed E-state index contributed by atoms with van der Waals surface area (Å²) in [5.41, 5.74) is 7.49. The molecule has 1 aromatic heterocycles. The Morgan fingerprint density at radius 1 is 1.35 bits per heavy atom. The Morgan fingerprint density at radius 2 is 2.15 bits per heavy atom. The van der Waals surface area contributed by atoms with Crippen LogP contribution in [-0.4, -0.2) is 47.7 Å². The molecule has 138 valence electrons. The van der Waals surface area contributed by atoms with Crippen molar-refractivity contribution in [1.29, 1.82) is 0 Å². The van der Waals surface area contributed by atoms with E-state index in [1.54, 1.807) is 24.5 Å².